The van der Waals surface area contributed by atoms with E-state index in [0.29, 0.717) is 39.1 Å². The maximum atomic E-state index is 14.1. The number of hydrogen-bond donors (Lipinski definition) is 0. The Balaban J connectivity index is 1.14. The standard InChI is InChI=1S/C32H38FN3O2S/c1-2-3-4-6-24-9-11-25(12-10-24)32(38)36-20-18-34(19-21-36)30(37)14-17-35-16-13-29-28(15-22-39-29)31(35)26-7-5-8-27(33)23-26/h5,7-12,15,22-23,31H,2-4,6,13-14,16-21H2,1H3. The van der Waals surface area contributed by atoms with Gasteiger partial charge >= 0.3 is 0 Å². The van der Waals surface area contributed by atoms with Crippen LogP contribution in [0, 0.1) is 5.82 Å². The number of piperazine rings is 1. The Hall–Kier alpha value is -3.03. The van der Waals surface area contributed by atoms with Crippen LogP contribution in [0.15, 0.2) is 60.0 Å². The van der Waals surface area contributed by atoms with Crippen molar-refractivity contribution in [2.45, 2.75) is 51.5 Å². The van der Waals surface area contributed by atoms with Gasteiger partial charge in [-0.1, -0.05) is 44.0 Å². The maximum Gasteiger partial charge on any atom is 0.253 e. The van der Waals surface area contributed by atoms with Crippen molar-refractivity contribution in [1.82, 2.24) is 14.7 Å². The van der Waals surface area contributed by atoms with Crippen LogP contribution in [0.4, 0.5) is 4.39 Å². The average Bonchev–Trinajstić information content (AvgIpc) is 3.45. The molecule has 1 fully saturated rings. The highest BCUT2D eigenvalue weighted by Gasteiger charge is 2.31. The fourth-order valence-electron chi connectivity index (χ4n) is 5.81. The number of benzene rings is 2. The maximum absolute atomic E-state index is 14.1. The van der Waals surface area contributed by atoms with Crippen LogP contribution in [0.25, 0.3) is 0 Å². The van der Waals surface area contributed by atoms with E-state index in [-0.39, 0.29) is 23.7 Å². The summed E-state index contributed by atoms with van der Waals surface area (Å²) in [6.45, 7) is 5.89. The third-order valence-corrected chi connectivity index (χ3v) is 9.03. The summed E-state index contributed by atoms with van der Waals surface area (Å²) in [7, 11) is 0. The molecule has 0 saturated carbocycles. The van der Waals surface area contributed by atoms with Gasteiger partial charge in [0.25, 0.3) is 5.91 Å². The number of carbonyl (C=O) groups excluding carboxylic acids is 2. The van der Waals surface area contributed by atoms with Crippen LogP contribution in [0.3, 0.4) is 0 Å². The highest BCUT2D eigenvalue weighted by Crippen LogP contribution is 2.38. The fraction of sp³-hybridized carbons (Fsp3) is 0.438. The Morgan fingerprint density at radius 2 is 1.72 bits per heavy atom. The van der Waals surface area contributed by atoms with Crippen LogP contribution in [-0.2, 0) is 17.6 Å². The van der Waals surface area contributed by atoms with E-state index in [1.165, 1.54) is 41.3 Å². The molecule has 2 aliphatic rings. The molecule has 5 rings (SSSR count). The Morgan fingerprint density at radius 1 is 0.949 bits per heavy atom. The Kier molecular flexibility index (Phi) is 9.09. The predicted molar refractivity (Wildman–Crippen MR) is 155 cm³/mol. The first-order valence-electron chi connectivity index (χ1n) is 14.2. The van der Waals surface area contributed by atoms with Crippen molar-refractivity contribution >= 4 is 23.2 Å². The quantitative estimate of drug-likeness (QED) is 0.312. The summed E-state index contributed by atoms with van der Waals surface area (Å²) in [5.74, 6) is -0.0751. The van der Waals surface area contributed by atoms with E-state index < -0.39 is 0 Å². The first-order valence-corrected chi connectivity index (χ1v) is 15.1. The molecule has 1 aromatic heterocycles. The molecule has 0 aliphatic carbocycles. The molecule has 5 nitrogen and oxygen atoms in total. The van der Waals surface area contributed by atoms with Crippen molar-refractivity contribution in [3.05, 3.63) is 92.9 Å². The van der Waals surface area contributed by atoms with Crippen molar-refractivity contribution in [2.75, 3.05) is 39.3 Å². The minimum atomic E-state index is -0.235. The molecule has 2 aromatic carbocycles. The zero-order chi connectivity index (χ0) is 27.2. The van der Waals surface area contributed by atoms with Gasteiger partial charge in [0.1, 0.15) is 5.82 Å². The Morgan fingerprint density at radius 3 is 2.46 bits per heavy atom. The molecular formula is C32H38FN3O2S. The normalized spacial score (nSPS) is 17.7. The lowest BCUT2D eigenvalue weighted by Crippen LogP contribution is -2.51. The summed E-state index contributed by atoms with van der Waals surface area (Å²) in [4.78, 5) is 33.6. The molecule has 1 unspecified atom stereocenters. The molecule has 3 heterocycles. The van der Waals surface area contributed by atoms with Crippen LogP contribution in [0.2, 0.25) is 0 Å². The number of aryl methyl sites for hydroxylation is 1. The minimum absolute atomic E-state index is 0.0315. The van der Waals surface area contributed by atoms with Gasteiger partial charge in [-0.2, -0.15) is 0 Å². The number of hydrogen-bond acceptors (Lipinski definition) is 4. The fourth-order valence-corrected chi connectivity index (χ4v) is 6.71. The van der Waals surface area contributed by atoms with Gasteiger partial charge in [-0.05, 0) is 71.7 Å². The number of thiophene rings is 1. The van der Waals surface area contributed by atoms with Gasteiger partial charge in [0.2, 0.25) is 5.91 Å². The van der Waals surface area contributed by atoms with Crippen molar-refractivity contribution < 1.29 is 14.0 Å². The topological polar surface area (TPSA) is 43.9 Å². The lowest BCUT2D eigenvalue weighted by Gasteiger charge is -2.38. The zero-order valence-corrected chi connectivity index (χ0v) is 23.6. The first-order chi connectivity index (χ1) is 19.0. The number of rotatable bonds is 9. The second-order valence-corrected chi connectivity index (χ2v) is 11.6. The summed E-state index contributed by atoms with van der Waals surface area (Å²) in [5, 5.41) is 2.11. The van der Waals surface area contributed by atoms with Gasteiger partial charge in [0, 0.05) is 56.1 Å². The van der Waals surface area contributed by atoms with E-state index in [1.807, 2.05) is 28.0 Å². The second-order valence-electron chi connectivity index (χ2n) is 10.6. The predicted octanol–water partition coefficient (Wildman–Crippen LogP) is 5.94. The summed E-state index contributed by atoms with van der Waals surface area (Å²) < 4.78 is 14.1. The molecule has 0 spiro atoms. The highest BCUT2D eigenvalue weighted by molar-refractivity contribution is 7.10. The lowest BCUT2D eigenvalue weighted by atomic mass is 9.93. The lowest BCUT2D eigenvalue weighted by molar-refractivity contribution is -0.133. The van der Waals surface area contributed by atoms with Gasteiger partial charge in [-0.15, -0.1) is 11.3 Å². The largest absolute Gasteiger partial charge is 0.339 e. The van der Waals surface area contributed by atoms with Gasteiger partial charge in [-0.25, -0.2) is 4.39 Å². The van der Waals surface area contributed by atoms with Crippen molar-refractivity contribution in [1.29, 1.82) is 0 Å². The third kappa shape index (κ3) is 6.59. The van der Waals surface area contributed by atoms with E-state index in [2.05, 4.69) is 35.4 Å². The molecule has 3 aromatic rings. The number of nitrogens with zero attached hydrogens (tertiary/aromatic N) is 3. The molecule has 7 heteroatoms. The van der Waals surface area contributed by atoms with Gasteiger partial charge < -0.3 is 9.80 Å². The molecular weight excluding hydrogens is 509 g/mol. The van der Waals surface area contributed by atoms with Crippen molar-refractivity contribution in [3.63, 3.8) is 0 Å². The SMILES string of the molecule is CCCCCc1ccc(C(=O)N2CCN(C(=O)CCN3CCc4sccc4C3c3cccc(F)c3)CC2)cc1. The molecule has 39 heavy (non-hydrogen) atoms. The summed E-state index contributed by atoms with van der Waals surface area (Å²) in [5.41, 5.74) is 4.16. The van der Waals surface area contributed by atoms with Gasteiger partial charge in [0.05, 0.1) is 6.04 Å². The summed E-state index contributed by atoms with van der Waals surface area (Å²) in [6, 6.07) is 16.9. The van der Waals surface area contributed by atoms with Crippen LogP contribution < -0.4 is 0 Å². The zero-order valence-electron chi connectivity index (χ0n) is 22.8. The first kappa shape index (κ1) is 27.5. The summed E-state index contributed by atoms with van der Waals surface area (Å²) >= 11 is 1.75. The average molecular weight is 548 g/mol. The number of unbranched alkanes of at least 4 members (excludes halogenated alkanes) is 2. The third-order valence-electron chi connectivity index (χ3n) is 8.03. The molecule has 0 radical (unpaired) electrons. The van der Waals surface area contributed by atoms with Crippen LogP contribution >= 0.6 is 11.3 Å². The summed E-state index contributed by atoms with van der Waals surface area (Å²) in [6.07, 6.45) is 6.03. The molecule has 1 atom stereocenters. The van der Waals surface area contributed by atoms with E-state index in [9.17, 15) is 14.0 Å². The molecule has 2 amide bonds. The van der Waals surface area contributed by atoms with Crippen molar-refractivity contribution in [2.24, 2.45) is 0 Å². The minimum Gasteiger partial charge on any atom is -0.339 e. The van der Waals surface area contributed by atoms with E-state index in [1.54, 1.807) is 23.5 Å². The molecule has 1 saturated heterocycles. The van der Waals surface area contributed by atoms with E-state index >= 15 is 0 Å². The van der Waals surface area contributed by atoms with Gasteiger partial charge in [0.15, 0.2) is 0 Å². The number of halogens is 1. The number of amides is 2. The highest BCUT2D eigenvalue weighted by atomic mass is 32.1. The van der Waals surface area contributed by atoms with Crippen LogP contribution in [0.1, 0.15) is 70.6 Å². The number of fused-ring (bicyclic) bond motifs is 1. The molecule has 0 N–H and O–H groups in total. The smallest absolute Gasteiger partial charge is 0.253 e. The second kappa shape index (κ2) is 12.9. The Bertz CT molecular complexity index is 1270. The van der Waals surface area contributed by atoms with E-state index in [4.69, 9.17) is 0 Å². The number of carbonyl (C=O) groups is 2. The van der Waals surface area contributed by atoms with Gasteiger partial charge in [-0.3, -0.25) is 14.5 Å². The van der Waals surface area contributed by atoms with E-state index in [0.717, 1.165) is 30.5 Å². The van der Waals surface area contributed by atoms with Crippen LogP contribution in [0.5, 0.6) is 0 Å². The molecule has 0 bridgehead atoms. The Labute approximate surface area is 235 Å². The monoisotopic (exact) mass is 547 g/mol. The molecule has 2 aliphatic heterocycles. The van der Waals surface area contributed by atoms with Crippen molar-refractivity contribution in [3.8, 4) is 0 Å². The van der Waals surface area contributed by atoms with Crippen LogP contribution in [-0.4, -0.2) is 65.8 Å². The molecule has 206 valence electrons.